The minimum Gasteiger partial charge on any atom is -0.390 e. The lowest BCUT2D eigenvalue weighted by Gasteiger charge is -2.23. The molecule has 2 rings (SSSR count). The van der Waals surface area contributed by atoms with Crippen LogP contribution in [0.4, 0.5) is 0 Å². The molecular formula is C13H18BrN3OS. The molecule has 0 saturated heterocycles. The van der Waals surface area contributed by atoms with Crippen LogP contribution in [0.1, 0.15) is 11.8 Å². The van der Waals surface area contributed by atoms with Gasteiger partial charge in [0.25, 0.3) is 0 Å². The molecule has 4 nitrogen and oxygen atoms in total. The van der Waals surface area contributed by atoms with Crippen LogP contribution in [0.5, 0.6) is 0 Å². The van der Waals surface area contributed by atoms with Crippen molar-refractivity contribution in [3.63, 3.8) is 0 Å². The molecule has 0 spiro atoms. The van der Waals surface area contributed by atoms with Gasteiger partial charge >= 0.3 is 0 Å². The first kappa shape index (κ1) is 14.7. The Morgan fingerprint density at radius 2 is 2.37 bits per heavy atom. The topological polar surface area (TPSA) is 41.3 Å². The Balaban J connectivity index is 1.84. The van der Waals surface area contributed by atoms with Gasteiger partial charge in [-0.15, -0.1) is 11.3 Å². The first-order valence-corrected chi connectivity index (χ1v) is 7.90. The molecule has 0 aromatic carbocycles. The predicted octanol–water partition coefficient (Wildman–Crippen LogP) is 2.59. The quantitative estimate of drug-likeness (QED) is 0.839. The molecular weight excluding hydrogens is 326 g/mol. The number of hydrogen-bond acceptors (Lipinski definition) is 4. The number of aromatic nitrogens is 2. The molecule has 1 N–H and O–H groups in total. The van der Waals surface area contributed by atoms with E-state index in [2.05, 4.69) is 45.0 Å². The second-order valence-electron chi connectivity index (χ2n) is 4.42. The number of hydrogen-bond donors (Lipinski definition) is 1. The minimum absolute atomic E-state index is 0.400. The van der Waals surface area contributed by atoms with E-state index < -0.39 is 6.10 Å². The van der Waals surface area contributed by atoms with Crippen LogP contribution in [-0.4, -0.2) is 39.0 Å². The third kappa shape index (κ3) is 4.72. The van der Waals surface area contributed by atoms with E-state index in [0.29, 0.717) is 13.1 Å². The van der Waals surface area contributed by atoms with Gasteiger partial charge in [0.15, 0.2) is 0 Å². The average Bonchev–Trinajstić information content (AvgIpc) is 3.00. The smallest absolute Gasteiger partial charge is 0.0862 e. The van der Waals surface area contributed by atoms with E-state index in [-0.39, 0.29) is 0 Å². The number of rotatable bonds is 7. The largest absolute Gasteiger partial charge is 0.390 e. The van der Waals surface area contributed by atoms with Crippen LogP contribution in [0.15, 0.2) is 34.4 Å². The fourth-order valence-electron chi connectivity index (χ4n) is 1.94. The molecule has 0 aliphatic heterocycles. The van der Waals surface area contributed by atoms with Gasteiger partial charge in [-0.05, 0) is 40.7 Å². The zero-order valence-electron chi connectivity index (χ0n) is 10.9. The predicted molar refractivity (Wildman–Crippen MR) is 81.2 cm³/mol. The van der Waals surface area contributed by atoms with E-state index in [1.807, 2.05) is 12.3 Å². The number of aliphatic hydroxyl groups excluding tert-OH is 1. The maximum Gasteiger partial charge on any atom is 0.0862 e. The summed E-state index contributed by atoms with van der Waals surface area (Å²) in [4.78, 5) is 3.55. The minimum atomic E-state index is -0.400. The van der Waals surface area contributed by atoms with Crippen molar-refractivity contribution in [1.82, 2.24) is 14.7 Å². The van der Waals surface area contributed by atoms with Gasteiger partial charge in [0.05, 0.1) is 16.4 Å². The summed E-state index contributed by atoms with van der Waals surface area (Å²) in [6.45, 7) is 5.11. The lowest BCUT2D eigenvalue weighted by atomic mass is 10.3. The number of thiophene rings is 1. The van der Waals surface area contributed by atoms with E-state index in [1.165, 1.54) is 4.88 Å². The highest BCUT2D eigenvalue weighted by Crippen LogP contribution is 2.23. The van der Waals surface area contributed by atoms with Crippen LogP contribution < -0.4 is 0 Å². The highest BCUT2D eigenvalue weighted by molar-refractivity contribution is 9.11. The first-order chi connectivity index (χ1) is 9.17. The number of aliphatic hydroxyl groups is 1. The SMILES string of the molecule is CCN(Cc1ccc(Br)s1)CC(O)Cn1cccn1. The standard InChI is InChI=1S/C13H18BrN3OS/c1-2-16(10-12-4-5-13(14)19-12)8-11(18)9-17-7-3-6-15-17/h3-7,11,18H,2,8-10H2,1H3. The summed E-state index contributed by atoms with van der Waals surface area (Å²) in [5.41, 5.74) is 0. The van der Waals surface area contributed by atoms with E-state index in [4.69, 9.17) is 0 Å². The van der Waals surface area contributed by atoms with Crippen molar-refractivity contribution in [3.8, 4) is 0 Å². The molecule has 2 aromatic heterocycles. The van der Waals surface area contributed by atoms with Crippen molar-refractivity contribution in [3.05, 3.63) is 39.3 Å². The molecule has 104 valence electrons. The Bertz CT molecular complexity index is 486. The van der Waals surface area contributed by atoms with Gasteiger partial charge < -0.3 is 5.11 Å². The average molecular weight is 344 g/mol. The van der Waals surface area contributed by atoms with Crippen molar-refractivity contribution >= 4 is 27.3 Å². The Hall–Kier alpha value is -0.690. The molecule has 0 saturated carbocycles. The monoisotopic (exact) mass is 343 g/mol. The highest BCUT2D eigenvalue weighted by Gasteiger charge is 2.12. The second kappa shape index (κ2) is 7.19. The number of nitrogens with zero attached hydrogens (tertiary/aromatic N) is 3. The van der Waals surface area contributed by atoms with E-state index >= 15 is 0 Å². The summed E-state index contributed by atoms with van der Waals surface area (Å²) < 4.78 is 2.91. The fraction of sp³-hybridized carbons (Fsp3) is 0.462. The van der Waals surface area contributed by atoms with Crippen molar-refractivity contribution in [2.24, 2.45) is 0 Å². The van der Waals surface area contributed by atoms with Crippen molar-refractivity contribution in [2.75, 3.05) is 13.1 Å². The first-order valence-electron chi connectivity index (χ1n) is 6.29. The molecule has 2 aromatic rings. The Labute approximate surface area is 125 Å². The van der Waals surface area contributed by atoms with Crippen molar-refractivity contribution in [2.45, 2.75) is 26.1 Å². The third-order valence-corrected chi connectivity index (χ3v) is 4.49. The van der Waals surface area contributed by atoms with E-state index in [1.54, 1.807) is 22.2 Å². The lowest BCUT2D eigenvalue weighted by Crippen LogP contribution is -2.34. The fourth-order valence-corrected chi connectivity index (χ4v) is 3.47. The van der Waals surface area contributed by atoms with Gasteiger partial charge in [-0.3, -0.25) is 9.58 Å². The summed E-state index contributed by atoms with van der Waals surface area (Å²) in [7, 11) is 0. The van der Waals surface area contributed by atoms with Crippen LogP contribution in [0.25, 0.3) is 0 Å². The van der Waals surface area contributed by atoms with Gasteiger partial charge in [0.1, 0.15) is 0 Å². The van der Waals surface area contributed by atoms with Crippen LogP contribution in [-0.2, 0) is 13.1 Å². The molecule has 2 heterocycles. The molecule has 0 aliphatic rings. The molecule has 0 aliphatic carbocycles. The summed E-state index contributed by atoms with van der Waals surface area (Å²) in [6, 6.07) is 6.05. The third-order valence-electron chi connectivity index (χ3n) is 2.88. The van der Waals surface area contributed by atoms with Crippen LogP contribution >= 0.6 is 27.3 Å². The molecule has 1 unspecified atom stereocenters. The van der Waals surface area contributed by atoms with Gasteiger partial charge in [-0.1, -0.05) is 6.92 Å². The van der Waals surface area contributed by atoms with Gasteiger partial charge in [-0.2, -0.15) is 5.10 Å². The molecule has 19 heavy (non-hydrogen) atoms. The maximum atomic E-state index is 10.1. The van der Waals surface area contributed by atoms with Gasteiger partial charge in [0.2, 0.25) is 0 Å². The van der Waals surface area contributed by atoms with Crippen molar-refractivity contribution in [1.29, 1.82) is 0 Å². The number of likely N-dealkylation sites (N-methyl/N-ethyl adjacent to an activating group) is 1. The Morgan fingerprint density at radius 1 is 1.53 bits per heavy atom. The van der Waals surface area contributed by atoms with Crippen molar-refractivity contribution < 1.29 is 5.11 Å². The van der Waals surface area contributed by atoms with Crippen LogP contribution in [0.3, 0.4) is 0 Å². The van der Waals surface area contributed by atoms with Crippen LogP contribution in [0.2, 0.25) is 0 Å². The molecule has 0 amide bonds. The molecule has 0 radical (unpaired) electrons. The molecule has 0 bridgehead atoms. The summed E-state index contributed by atoms with van der Waals surface area (Å²) >= 11 is 5.21. The summed E-state index contributed by atoms with van der Waals surface area (Å²) in [5, 5.41) is 14.2. The number of halogens is 1. The summed E-state index contributed by atoms with van der Waals surface area (Å²) in [5.74, 6) is 0. The second-order valence-corrected chi connectivity index (χ2v) is 6.96. The Morgan fingerprint density at radius 3 is 2.95 bits per heavy atom. The zero-order chi connectivity index (χ0) is 13.7. The normalized spacial score (nSPS) is 13.1. The van der Waals surface area contributed by atoms with Gasteiger partial charge in [-0.25, -0.2) is 0 Å². The van der Waals surface area contributed by atoms with Gasteiger partial charge in [0, 0.05) is 30.4 Å². The zero-order valence-corrected chi connectivity index (χ0v) is 13.3. The molecule has 0 fully saturated rings. The Kier molecular flexibility index (Phi) is 5.57. The van der Waals surface area contributed by atoms with E-state index in [0.717, 1.165) is 16.9 Å². The maximum absolute atomic E-state index is 10.1. The van der Waals surface area contributed by atoms with E-state index in [9.17, 15) is 5.11 Å². The molecule has 6 heteroatoms. The summed E-state index contributed by atoms with van der Waals surface area (Å²) in [6.07, 6.45) is 3.20. The van der Waals surface area contributed by atoms with Crippen LogP contribution in [0, 0.1) is 0 Å². The molecule has 1 atom stereocenters. The lowest BCUT2D eigenvalue weighted by molar-refractivity contribution is 0.0945. The highest BCUT2D eigenvalue weighted by atomic mass is 79.9.